The van der Waals surface area contributed by atoms with Crippen molar-refractivity contribution in [2.75, 3.05) is 0 Å². The summed E-state index contributed by atoms with van der Waals surface area (Å²) in [6.07, 6.45) is -1.78. The molecular formula is C33H33FO4. The Hall–Kier alpha value is -3.51. The lowest BCUT2D eigenvalue weighted by Gasteiger charge is -2.50. The molecular weight excluding hydrogens is 479 g/mol. The van der Waals surface area contributed by atoms with Crippen LogP contribution in [0, 0.1) is 11.7 Å². The van der Waals surface area contributed by atoms with E-state index >= 15 is 0 Å². The average molecular weight is 513 g/mol. The molecule has 0 aromatic heterocycles. The zero-order valence-electron chi connectivity index (χ0n) is 21.6. The van der Waals surface area contributed by atoms with Crippen LogP contribution in [-0.4, -0.2) is 28.7 Å². The van der Waals surface area contributed by atoms with Gasteiger partial charge in [0.05, 0.1) is 6.10 Å². The number of aliphatic hydroxyl groups is 2. The minimum absolute atomic E-state index is 0.310. The van der Waals surface area contributed by atoms with Crippen LogP contribution in [0.2, 0.25) is 0 Å². The monoisotopic (exact) mass is 512 g/mol. The maximum absolute atomic E-state index is 14.1. The summed E-state index contributed by atoms with van der Waals surface area (Å²) in [6, 6.07) is 31.6. The van der Waals surface area contributed by atoms with Crippen molar-refractivity contribution < 1.29 is 24.1 Å². The number of ether oxygens (including phenoxy) is 2. The summed E-state index contributed by atoms with van der Waals surface area (Å²) in [5.41, 5.74) is 3.35. The fourth-order valence-corrected chi connectivity index (χ4v) is 5.53. The van der Waals surface area contributed by atoms with Gasteiger partial charge in [-0.3, -0.25) is 0 Å². The third-order valence-corrected chi connectivity index (χ3v) is 7.48. The topological polar surface area (TPSA) is 58.9 Å². The van der Waals surface area contributed by atoms with Gasteiger partial charge in [0.2, 0.25) is 6.29 Å². The number of aliphatic hydroxyl groups excluding tert-OH is 2. The Labute approximate surface area is 223 Å². The van der Waals surface area contributed by atoms with Crippen LogP contribution in [0.4, 0.5) is 4.39 Å². The van der Waals surface area contributed by atoms with Crippen LogP contribution in [0.3, 0.4) is 0 Å². The molecule has 0 unspecified atom stereocenters. The second-order valence-electron chi connectivity index (χ2n) is 9.92. The van der Waals surface area contributed by atoms with Crippen LogP contribution in [0.5, 0.6) is 5.75 Å². The van der Waals surface area contributed by atoms with Gasteiger partial charge in [0.15, 0.2) is 0 Å². The van der Waals surface area contributed by atoms with E-state index < -0.39 is 30.0 Å². The van der Waals surface area contributed by atoms with Gasteiger partial charge >= 0.3 is 0 Å². The summed E-state index contributed by atoms with van der Waals surface area (Å²) in [5.74, 6) is -0.322. The Bertz CT molecular complexity index is 1320. The molecule has 0 radical (unpaired) electrons. The summed E-state index contributed by atoms with van der Waals surface area (Å²) in [6.45, 7) is 3.98. The highest BCUT2D eigenvalue weighted by molar-refractivity contribution is 5.69. The van der Waals surface area contributed by atoms with Gasteiger partial charge in [-0.05, 0) is 58.5 Å². The Morgan fingerprint density at radius 2 is 1.47 bits per heavy atom. The molecule has 4 atom stereocenters. The van der Waals surface area contributed by atoms with Crippen molar-refractivity contribution in [3.05, 3.63) is 126 Å². The smallest absolute Gasteiger partial charge is 0.229 e. The lowest BCUT2D eigenvalue weighted by molar-refractivity contribution is -0.287. The predicted octanol–water partition coefficient (Wildman–Crippen LogP) is 6.48. The van der Waals surface area contributed by atoms with Gasteiger partial charge in [-0.15, -0.1) is 0 Å². The molecule has 1 fully saturated rings. The van der Waals surface area contributed by atoms with E-state index in [-0.39, 0.29) is 5.82 Å². The Morgan fingerprint density at radius 1 is 0.816 bits per heavy atom. The fourth-order valence-electron chi connectivity index (χ4n) is 5.53. The lowest BCUT2D eigenvalue weighted by atomic mass is 9.71. The molecule has 1 heterocycles. The van der Waals surface area contributed by atoms with E-state index in [0.717, 1.165) is 40.7 Å². The first-order chi connectivity index (χ1) is 18.4. The molecule has 38 heavy (non-hydrogen) atoms. The summed E-state index contributed by atoms with van der Waals surface area (Å²) in [5, 5.41) is 22.4. The largest absolute Gasteiger partial charge is 0.462 e. The normalized spacial score (nSPS) is 22.7. The fraction of sp³-hybridized carbons (Fsp3) is 0.273. The highest BCUT2D eigenvalue weighted by atomic mass is 19.1. The molecule has 0 spiro atoms. The number of hydrogen-bond donors (Lipinski definition) is 2. The predicted molar refractivity (Wildman–Crippen MR) is 146 cm³/mol. The van der Waals surface area contributed by atoms with Crippen LogP contribution in [0.15, 0.2) is 103 Å². The average Bonchev–Trinajstić information content (AvgIpc) is 2.95. The van der Waals surface area contributed by atoms with E-state index in [9.17, 15) is 14.6 Å². The van der Waals surface area contributed by atoms with Crippen molar-refractivity contribution in [3.8, 4) is 16.9 Å². The number of benzene rings is 4. The second-order valence-corrected chi connectivity index (χ2v) is 9.92. The molecule has 4 aromatic rings. The molecule has 0 bridgehead atoms. The highest BCUT2D eigenvalue weighted by Gasteiger charge is 2.54. The minimum atomic E-state index is -1.28. The molecule has 0 aliphatic carbocycles. The van der Waals surface area contributed by atoms with E-state index in [0.29, 0.717) is 5.75 Å². The van der Waals surface area contributed by atoms with E-state index in [1.54, 1.807) is 6.07 Å². The number of rotatable bonds is 7. The van der Waals surface area contributed by atoms with Gasteiger partial charge in [0, 0.05) is 5.92 Å². The Kier molecular flexibility index (Phi) is 7.61. The van der Waals surface area contributed by atoms with E-state index in [4.69, 9.17) is 9.47 Å². The quantitative estimate of drug-likeness (QED) is 0.298. The molecule has 0 saturated carbocycles. The first-order valence-electron chi connectivity index (χ1n) is 13.1. The SMILES string of the molecule is CCCc1ccc(O[C@H]2OC(c3ccccc3)(c3ccccc3)[C@H](C)[C@@H](O)[C@H]2O)cc1-c1cccc(F)c1. The van der Waals surface area contributed by atoms with Crippen molar-refractivity contribution in [1.29, 1.82) is 0 Å². The van der Waals surface area contributed by atoms with Gasteiger partial charge in [-0.2, -0.15) is 0 Å². The number of halogens is 1. The number of hydrogen-bond acceptors (Lipinski definition) is 4. The zero-order chi connectivity index (χ0) is 26.7. The van der Waals surface area contributed by atoms with Gasteiger partial charge in [-0.1, -0.05) is 99.1 Å². The Balaban J connectivity index is 1.56. The third-order valence-electron chi connectivity index (χ3n) is 7.48. The minimum Gasteiger partial charge on any atom is -0.462 e. The molecule has 2 N–H and O–H groups in total. The molecule has 5 heteroatoms. The van der Waals surface area contributed by atoms with Crippen LogP contribution < -0.4 is 4.74 Å². The maximum atomic E-state index is 14.1. The molecule has 0 amide bonds. The number of aryl methyl sites for hydroxylation is 1. The lowest BCUT2D eigenvalue weighted by Crippen LogP contribution is -2.60. The first kappa shape index (κ1) is 26.1. The van der Waals surface area contributed by atoms with Crippen LogP contribution in [0.1, 0.15) is 37.0 Å². The van der Waals surface area contributed by atoms with Gasteiger partial charge in [0.25, 0.3) is 0 Å². The van der Waals surface area contributed by atoms with Gasteiger partial charge in [-0.25, -0.2) is 4.39 Å². The molecule has 5 rings (SSSR count). The molecule has 1 aliphatic heterocycles. The maximum Gasteiger partial charge on any atom is 0.229 e. The van der Waals surface area contributed by atoms with Crippen molar-refractivity contribution in [1.82, 2.24) is 0 Å². The standard InChI is InChI=1S/C33H33FO4/c1-3-11-23-18-19-28(21-29(23)24-12-10-17-27(34)20-24)37-32-31(36)30(35)22(2)33(38-32,25-13-6-4-7-14-25)26-15-8-5-9-16-26/h4-10,12-22,30-32,35-36H,3,11H2,1-2H3/t22-,30-,31-,32+/m1/s1. The van der Waals surface area contributed by atoms with Crippen molar-refractivity contribution in [3.63, 3.8) is 0 Å². The molecule has 196 valence electrons. The molecule has 1 saturated heterocycles. The van der Waals surface area contributed by atoms with E-state index in [2.05, 4.69) is 6.92 Å². The van der Waals surface area contributed by atoms with Crippen LogP contribution in [0.25, 0.3) is 11.1 Å². The first-order valence-corrected chi connectivity index (χ1v) is 13.1. The van der Waals surface area contributed by atoms with E-state index in [1.165, 1.54) is 12.1 Å². The van der Waals surface area contributed by atoms with Crippen LogP contribution in [-0.2, 0) is 16.8 Å². The third kappa shape index (κ3) is 4.85. The van der Waals surface area contributed by atoms with E-state index in [1.807, 2.05) is 91.9 Å². The van der Waals surface area contributed by atoms with Gasteiger partial charge in [0.1, 0.15) is 23.3 Å². The van der Waals surface area contributed by atoms with Crippen LogP contribution >= 0.6 is 0 Å². The van der Waals surface area contributed by atoms with Crippen molar-refractivity contribution in [2.45, 2.75) is 50.8 Å². The summed E-state index contributed by atoms with van der Waals surface area (Å²) in [7, 11) is 0. The second kappa shape index (κ2) is 11.1. The van der Waals surface area contributed by atoms with Gasteiger partial charge < -0.3 is 19.7 Å². The summed E-state index contributed by atoms with van der Waals surface area (Å²) < 4.78 is 27.0. The molecule has 4 aromatic carbocycles. The molecule has 4 nitrogen and oxygen atoms in total. The Morgan fingerprint density at radius 3 is 2.08 bits per heavy atom. The highest BCUT2D eigenvalue weighted by Crippen LogP contribution is 2.47. The summed E-state index contributed by atoms with van der Waals surface area (Å²) in [4.78, 5) is 0. The summed E-state index contributed by atoms with van der Waals surface area (Å²) >= 11 is 0. The van der Waals surface area contributed by atoms with Crippen molar-refractivity contribution >= 4 is 0 Å². The molecule has 1 aliphatic rings. The van der Waals surface area contributed by atoms with Crippen molar-refractivity contribution in [2.24, 2.45) is 5.92 Å². The zero-order valence-corrected chi connectivity index (χ0v) is 21.6.